The predicted octanol–water partition coefficient (Wildman–Crippen LogP) is 4.74. The van der Waals surface area contributed by atoms with Crippen LogP contribution in [0.2, 0.25) is 5.02 Å². The van der Waals surface area contributed by atoms with Crippen molar-refractivity contribution in [2.75, 3.05) is 4.90 Å². The predicted molar refractivity (Wildman–Crippen MR) is 116 cm³/mol. The molecule has 3 aromatic rings. The van der Waals surface area contributed by atoms with E-state index in [1.54, 1.807) is 42.5 Å². The quantitative estimate of drug-likeness (QED) is 0.476. The summed E-state index contributed by atoms with van der Waals surface area (Å²) >= 11 is 5.99. The van der Waals surface area contributed by atoms with Gasteiger partial charge in [0.25, 0.3) is 11.8 Å². The van der Waals surface area contributed by atoms with Crippen LogP contribution in [0.3, 0.4) is 0 Å². The highest BCUT2D eigenvalue weighted by molar-refractivity contribution is 6.39. The van der Waals surface area contributed by atoms with Crippen molar-refractivity contribution in [3.63, 3.8) is 0 Å². The second-order valence-electron chi connectivity index (χ2n) is 6.94. The molecule has 0 spiro atoms. The number of carbonyl (C=O) groups is 3. The highest BCUT2D eigenvalue weighted by Crippen LogP contribution is 2.25. The fourth-order valence-corrected chi connectivity index (χ4v) is 3.55. The van der Waals surface area contributed by atoms with E-state index in [1.165, 1.54) is 24.3 Å². The van der Waals surface area contributed by atoms with Crippen molar-refractivity contribution in [2.24, 2.45) is 0 Å². The Morgan fingerprint density at radius 1 is 0.935 bits per heavy atom. The molecule has 7 heteroatoms. The van der Waals surface area contributed by atoms with Gasteiger partial charge in [0.1, 0.15) is 11.4 Å². The van der Waals surface area contributed by atoms with Gasteiger partial charge in [0.2, 0.25) is 0 Å². The Morgan fingerprint density at radius 2 is 1.71 bits per heavy atom. The average Bonchev–Trinajstić information content (AvgIpc) is 2.72. The molecular weight excluding hydrogens is 419 g/mol. The van der Waals surface area contributed by atoms with Crippen molar-refractivity contribution in [2.45, 2.75) is 6.42 Å². The second-order valence-corrected chi connectivity index (χ2v) is 7.38. The number of nitrogens with one attached hydrogen (secondary N) is 1. The van der Waals surface area contributed by atoms with E-state index in [9.17, 15) is 18.8 Å². The number of rotatable bonds is 4. The number of halogens is 2. The van der Waals surface area contributed by atoms with Crippen molar-refractivity contribution in [1.29, 1.82) is 0 Å². The Hall–Kier alpha value is -3.77. The SMILES string of the molecule is O=C1NC(=O)N(c2cccc(Cl)c2)C(=O)/C1=C/c1ccccc1Cc1cccc(F)c1. The van der Waals surface area contributed by atoms with E-state index in [0.717, 1.165) is 16.0 Å². The first-order valence-electron chi connectivity index (χ1n) is 9.42. The van der Waals surface area contributed by atoms with Crippen LogP contribution in [0.15, 0.2) is 78.4 Å². The van der Waals surface area contributed by atoms with Crippen LogP contribution < -0.4 is 10.2 Å². The van der Waals surface area contributed by atoms with E-state index in [4.69, 9.17) is 11.6 Å². The van der Waals surface area contributed by atoms with E-state index in [0.29, 0.717) is 17.0 Å². The Balaban J connectivity index is 1.71. The summed E-state index contributed by atoms with van der Waals surface area (Å²) in [6.45, 7) is 0. The molecule has 1 aliphatic heterocycles. The van der Waals surface area contributed by atoms with Crippen LogP contribution in [0.25, 0.3) is 6.08 Å². The van der Waals surface area contributed by atoms with E-state index in [1.807, 2.05) is 12.1 Å². The summed E-state index contributed by atoms with van der Waals surface area (Å²) in [4.78, 5) is 38.7. The number of urea groups is 1. The summed E-state index contributed by atoms with van der Waals surface area (Å²) in [6, 6.07) is 18.8. The molecule has 0 aromatic heterocycles. The summed E-state index contributed by atoms with van der Waals surface area (Å²) in [5.41, 5.74) is 2.23. The standard InChI is InChI=1S/C24H16ClFN2O3/c25-18-8-4-10-20(14-18)28-23(30)21(22(29)27-24(28)31)13-17-7-2-1-6-16(17)11-15-5-3-9-19(26)12-15/h1-10,12-14H,11H2,(H,27,29,31)/b21-13+. The number of imide groups is 2. The number of benzene rings is 3. The van der Waals surface area contributed by atoms with Gasteiger partial charge in [-0.2, -0.15) is 0 Å². The Kier molecular flexibility index (Phi) is 5.64. The van der Waals surface area contributed by atoms with Crippen LogP contribution in [0.1, 0.15) is 16.7 Å². The first kappa shape index (κ1) is 20.5. The lowest BCUT2D eigenvalue weighted by atomic mass is 9.97. The maximum absolute atomic E-state index is 13.6. The molecule has 1 fully saturated rings. The number of anilines is 1. The van der Waals surface area contributed by atoms with Crippen molar-refractivity contribution >= 4 is 41.2 Å². The largest absolute Gasteiger partial charge is 0.335 e. The van der Waals surface area contributed by atoms with Gasteiger partial charge < -0.3 is 0 Å². The third kappa shape index (κ3) is 4.39. The summed E-state index contributed by atoms with van der Waals surface area (Å²) in [7, 11) is 0. The molecule has 154 valence electrons. The number of barbiturate groups is 1. The topological polar surface area (TPSA) is 66.5 Å². The molecule has 31 heavy (non-hydrogen) atoms. The third-order valence-corrected chi connectivity index (χ3v) is 5.04. The lowest BCUT2D eigenvalue weighted by Crippen LogP contribution is -2.54. The smallest absolute Gasteiger partial charge is 0.273 e. The molecule has 4 amide bonds. The van der Waals surface area contributed by atoms with E-state index >= 15 is 0 Å². The molecule has 1 aliphatic rings. The van der Waals surface area contributed by atoms with Gasteiger partial charge in [-0.3, -0.25) is 14.9 Å². The van der Waals surface area contributed by atoms with Gasteiger partial charge in [-0.25, -0.2) is 14.1 Å². The minimum Gasteiger partial charge on any atom is -0.273 e. The van der Waals surface area contributed by atoms with Crippen LogP contribution in [-0.2, 0) is 16.0 Å². The first-order chi connectivity index (χ1) is 14.9. The van der Waals surface area contributed by atoms with Crippen molar-refractivity contribution in [3.8, 4) is 0 Å². The fourth-order valence-electron chi connectivity index (χ4n) is 3.37. The molecule has 0 unspecified atom stereocenters. The lowest BCUT2D eigenvalue weighted by molar-refractivity contribution is -0.122. The molecule has 0 radical (unpaired) electrons. The van der Waals surface area contributed by atoms with Gasteiger partial charge in [-0.05, 0) is 59.5 Å². The molecule has 0 saturated carbocycles. The monoisotopic (exact) mass is 434 g/mol. The molecule has 4 rings (SSSR count). The number of hydrogen-bond donors (Lipinski definition) is 1. The number of nitrogens with zero attached hydrogens (tertiary/aromatic N) is 1. The van der Waals surface area contributed by atoms with Crippen LogP contribution >= 0.6 is 11.6 Å². The average molecular weight is 435 g/mol. The minimum atomic E-state index is -0.845. The number of amides is 4. The molecule has 1 N–H and O–H groups in total. The molecule has 5 nitrogen and oxygen atoms in total. The number of carbonyl (C=O) groups excluding carboxylic acids is 3. The van der Waals surface area contributed by atoms with E-state index in [2.05, 4.69) is 5.32 Å². The van der Waals surface area contributed by atoms with E-state index in [-0.39, 0.29) is 17.1 Å². The van der Waals surface area contributed by atoms with Crippen LogP contribution in [0.4, 0.5) is 14.9 Å². The fraction of sp³-hybridized carbons (Fsp3) is 0.0417. The highest BCUT2D eigenvalue weighted by Gasteiger charge is 2.37. The zero-order chi connectivity index (χ0) is 22.0. The minimum absolute atomic E-state index is 0.189. The van der Waals surface area contributed by atoms with E-state index < -0.39 is 17.8 Å². The zero-order valence-corrected chi connectivity index (χ0v) is 16.9. The van der Waals surface area contributed by atoms with Gasteiger partial charge >= 0.3 is 6.03 Å². The molecular formula is C24H16ClFN2O3. The van der Waals surface area contributed by atoms with Crippen molar-refractivity contribution in [3.05, 3.63) is 106 Å². The van der Waals surface area contributed by atoms with Gasteiger partial charge in [-0.1, -0.05) is 54.1 Å². The molecule has 0 atom stereocenters. The number of hydrogen-bond acceptors (Lipinski definition) is 3. The molecule has 3 aromatic carbocycles. The molecule has 1 heterocycles. The highest BCUT2D eigenvalue weighted by atomic mass is 35.5. The lowest BCUT2D eigenvalue weighted by Gasteiger charge is -2.26. The molecule has 0 bridgehead atoms. The van der Waals surface area contributed by atoms with Crippen molar-refractivity contribution < 1.29 is 18.8 Å². The Morgan fingerprint density at radius 3 is 2.48 bits per heavy atom. The Bertz CT molecular complexity index is 1240. The van der Waals surface area contributed by atoms with Crippen LogP contribution in [0, 0.1) is 5.82 Å². The normalized spacial score (nSPS) is 15.4. The maximum Gasteiger partial charge on any atom is 0.335 e. The summed E-state index contributed by atoms with van der Waals surface area (Å²) < 4.78 is 13.6. The Labute approximate surface area is 182 Å². The zero-order valence-electron chi connectivity index (χ0n) is 16.1. The maximum atomic E-state index is 13.6. The second kappa shape index (κ2) is 8.53. The van der Waals surface area contributed by atoms with Gasteiger partial charge in [0.15, 0.2) is 0 Å². The molecule has 0 aliphatic carbocycles. The summed E-state index contributed by atoms with van der Waals surface area (Å²) in [5, 5.41) is 2.54. The van der Waals surface area contributed by atoms with Gasteiger partial charge in [0, 0.05) is 5.02 Å². The van der Waals surface area contributed by atoms with Crippen molar-refractivity contribution in [1.82, 2.24) is 5.32 Å². The first-order valence-corrected chi connectivity index (χ1v) is 9.79. The summed E-state index contributed by atoms with van der Waals surface area (Å²) in [5.74, 6) is -1.88. The van der Waals surface area contributed by atoms with Crippen LogP contribution in [0.5, 0.6) is 0 Å². The van der Waals surface area contributed by atoms with Gasteiger partial charge in [-0.15, -0.1) is 0 Å². The van der Waals surface area contributed by atoms with Crippen LogP contribution in [-0.4, -0.2) is 17.8 Å². The van der Waals surface area contributed by atoms with Gasteiger partial charge in [0.05, 0.1) is 5.69 Å². The summed E-state index contributed by atoms with van der Waals surface area (Å²) in [6.07, 6.45) is 1.85. The third-order valence-electron chi connectivity index (χ3n) is 4.81. The molecule has 1 saturated heterocycles.